The highest BCUT2D eigenvalue weighted by Gasteiger charge is 2.29. The number of hydrogen-bond acceptors (Lipinski definition) is 2. The van der Waals surface area contributed by atoms with Crippen molar-refractivity contribution in [2.24, 2.45) is 0 Å². The molecule has 21 heavy (non-hydrogen) atoms. The molecule has 0 atom stereocenters. The van der Waals surface area contributed by atoms with Crippen LogP contribution in [-0.4, -0.2) is 10.9 Å². The molecule has 0 radical (unpaired) electrons. The highest BCUT2D eigenvalue weighted by atomic mass is 16.3. The predicted octanol–water partition coefficient (Wildman–Crippen LogP) is 4.37. The van der Waals surface area contributed by atoms with Crippen molar-refractivity contribution in [3.8, 4) is 16.9 Å². The maximum Gasteiger partial charge on any atom is 0.194 e. The van der Waals surface area contributed by atoms with Gasteiger partial charge in [0.1, 0.15) is 5.75 Å². The molecule has 0 bridgehead atoms. The zero-order chi connectivity index (χ0) is 14.7. The Morgan fingerprint density at radius 1 is 0.762 bits per heavy atom. The van der Waals surface area contributed by atoms with Gasteiger partial charge in [-0.15, -0.1) is 0 Å². The number of hydrogen-bond donors (Lipinski definition) is 1. The predicted molar refractivity (Wildman–Crippen MR) is 84.0 cm³/mol. The number of ketones is 1. The van der Waals surface area contributed by atoms with Gasteiger partial charge in [0.2, 0.25) is 0 Å². The zero-order valence-electron chi connectivity index (χ0n) is 11.9. The Labute approximate surface area is 122 Å². The van der Waals surface area contributed by atoms with E-state index < -0.39 is 0 Å². The molecule has 3 aromatic carbocycles. The monoisotopic (exact) mass is 274 g/mol. The Hall–Kier alpha value is -2.61. The van der Waals surface area contributed by atoms with Crippen molar-refractivity contribution in [2.45, 2.75) is 13.8 Å². The first-order valence-electron chi connectivity index (χ1n) is 6.98. The molecule has 3 aromatic rings. The van der Waals surface area contributed by atoms with Crippen LogP contribution in [0.2, 0.25) is 0 Å². The summed E-state index contributed by atoms with van der Waals surface area (Å²) in [4.78, 5) is 12.6. The second-order valence-electron chi connectivity index (χ2n) is 5.75. The molecule has 0 spiro atoms. The van der Waals surface area contributed by atoms with Crippen molar-refractivity contribution < 1.29 is 9.90 Å². The second kappa shape index (κ2) is 3.95. The largest absolute Gasteiger partial charge is 0.507 e. The van der Waals surface area contributed by atoms with Crippen LogP contribution >= 0.6 is 0 Å². The van der Waals surface area contributed by atoms with Crippen LogP contribution < -0.4 is 0 Å². The molecule has 2 heteroatoms. The Kier molecular flexibility index (Phi) is 2.29. The van der Waals surface area contributed by atoms with Gasteiger partial charge in [0.05, 0.1) is 0 Å². The lowest BCUT2D eigenvalue weighted by Gasteiger charge is -2.09. The molecule has 0 aromatic heterocycles. The fourth-order valence-electron chi connectivity index (χ4n) is 3.20. The van der Waals surface area contributed by atoms with Gasteiger partial charge in [-0.3, -0.25) is 4.79 Å². The van der Waals surface area contributed by atoms with Gasteiger partial charge < -0.3 is 5.11 Å². The summed E-state index contributed by atoms with van der Waals surface area (Å²) in [6, 6.07) is 13.5. The van der Waals surface area contributed by atoms with Gasteiger partial charge in [-0.25, -0.2) is 0 Å². The zero-order valence-corrected chi connectivity index (χ0v) is 11.9. The van der Waals surface area contributed by atoms with Gasteiger partial charge in [-0.05, 0) is 43.0 Å². The number of phenolic OH excluding ortho intramolecular Hbond substituents is 1. The molecule has 0 saturated carbocycles. The van der Waals surface area contributed by atoms with E-state index in [4.69, 9.17) is 0 Å². The topological polar surface area (TPSA) is 37.3 Å². The Morgan fingerprint density at radius 2 is 1.48 bits per heavy atom. The lowest BCUT2D eigenvalue weighted by molar-refractivity contribution is 0.104. The first-order valence-corrected chi connectivity index (χ1v) is 6.98. The average Bonchev–Trinajstić information content (AvgIpc) is 2.72. The van der Waals surface area contributed by atoms with Crippen molar-refractivity contribution in [3.63, 3.8) is 0 Å². The summed E-state index contributed by atoms with van der Waals surface area (Å²) in [6.45, 7) is 3.98. The van der Waals surface area contributed by atoms with Gasteiger partial charge in [0.15, 0.2) is 5.78 Å². The number of benzene rings is 3. The van der Waals surface area contributed by atoms with E-state index >= 15 is 0 Å². The summed E-state index contributed by atoms with van der Waals surface area (Å²) in [7, 11) is 0. The maximum absolute atomic E-state index is 12.6. The minimum atomic E-state index is 0.00137. The van der Waals surface area contributed by atoms with Gasteiger partial charge in [0.25, 0.3) is 0 Å². The third-order valence-corrected chi connectivity index (χ3v) is 4.20. The molecule has 1 aliphatic rings. The molecule has 1 N–H and O–H groups in total. The molecule has 0 amide bonds. The summed E-state index contributed by atoms with van der Waals surface area (Å²) in [5.74, 6) is 0.173. The first kappa shape index (κ1) is 12.2. The number of carbonyl (C=O) groups is 1. The van der Waals surface area contributed by atoms with E-state index in [-0.39, 0.29) is 11.5 Å². The van der Waals surface area contributed by atoms with Crippen molar-refractivity contribution in [2.75, 3.05) is 0 Å². The summed E-state index contributed by atoms with van der Waals surface area (Å²) in [5, 5.41) is 12.0. The van der Waals surface area contributed by atoms with E-state index in [1.807, 2.05) is 50.2 Å². The maximum atomic E-state index is 12.6. The molecule has 2 nitrogen and oxygen atoms in total. The third-order valence-electron chi connectivity index (χ3n) is 4.20. The van der Waals surface area contributed by atoms with Crippen LogP contribution in [0.5, 0.6) is 5.75 Å². The highest BCUT2D eigenvalue weighted by Crippen LogP contribution is 2.44. The van der Waals surface area contributed by atoms with E-state index in [9.17, 15) is 9.90 Å². The third kappa shape index (κ3) is 1.56. The van der Waals surface area contributed by atoms with E-state index in [2.05, 4.69) is 0 Å². The molecule has 0 aliphatic heterocycles. The van der Waals surface area contributed by atoms with Crippen LogP contribution in [0.1, 0.15) is 27.0 Å². The minimum Gasteiger partial charge on any atom is -0.507 e. The average molecular weight is 274 g/mol. The van der Waals surface area contributed by atoms with Crippen molar-refractivity contribution in [1.29, 1.82) is 0 Å². The van der Waals surface area contributed by atoms with Gasteiger partial charge >= 0.3 is 0 Å². The standard InChI is InChI=1S/C19H14O2/c1-10-3-5-12-14(7-10)17(20)9-16-18(12)13-6-4-11(2)8-15(13)19(16)21/h3-9,20H,1-2H3. The van der Waals surface area contributed by atoms with Gasteiger partial charge in [-0.1, -0.05) is 35.4 Å². The van der Waals surface area contributed by atoms with Crippen molar-refractivity contribution in [3.05, 3.63) is 64.7 Å². The number of carbonyl (C=O) groups excluding carboxylic acids is 1. The second-order valence-corrected chi connectivity index (χ2v) is 5.75. The lowest BCUT2D eigenvalue weighted by Crippen LogP contribution is -1.95. The normalized spacial score (nSPS) is 12.6. The van der Waals surface area contributed by atoms with Crippen LogP contribution in [0.25, 0.3) is 21.9 Å². The highest BCUT2D eigenvalue weighted by molar-refractivity contribution is 6.26. The molecule has 102 valence electrons. The Bertz CT molecular complexity index is 936. The van der Waals surface area contributed by atoms with Gasteiger partial charge in [-0.2, -0.15) is 0 Å². The number of fused-ring (bicyclic) bond motifs is 5. The van der Waals surface area contributed by atoms with E-state index in [0.717, 1.165) is 38.6 Å². The van der Waals surface area contributed by atoms with Crippen LogP contribution in [0.15, 0.2) is 42.5 Å². The number of aryl methyl sites for hydroxylation is 2. The summed E-state index contributed by atoms with van der Waals surface area (Å²) >= 11 is 0. The quantitative estimate of drug-likeness (QED) is 0.517. The number of phenols is 1. The molecule has 0 fully saturated rings. The molecule has 1 aliphatic carbocycles. The van der Waals surface area contributed by atoms with Gasteiger partial charge in [0, 0.05) is 22.1 Å². The Balaban J connectivity index is 2.19. The molecule has 0 heterocycles. The lowest BCUT2D eigenvalue weighted by atomic mass is 9.96. The van der Waals surface area contributed by atoms with Crippen LogP contribution in [-0.2, 0) is 0 Å². The molecule has 0 unspecified atom stereocenters. The van der Waals surface area contributed by atoms with Crippen LogP contribution in [0, 0.1) is 13.8 Å². The van der Waals surface area contributed by atoms with E-state index in [1.165, 1.54) is 0 Å². The summed E-state index contributed by atoms with van der Waals surface area (Å²) in [6.07, 6.45) is 0. The molecule has 0 saturated heterocycles. The summed E-state index contributed by atoms with van der Waals surface area (Å²) in [5.41, 5.74) is 5.41. The summed E-state index contributed by atoms with van der Waals surface area (Å²) < 4.78 is 0. The minimum absolute atomic E-state index is 0.00137. The first-order chi connectivity index (χ1) is 10.1. The smallest absolute Gasteiger partial charge is 0.194 e. The van der Waals surface area contributed by atoms with Crippen LogP contribution in [0.4, 0.5) is 0 Å². The fraction of sp³-hybridized carbons (Fsp3) is 0.105. The Morgan fingerprint density at radius 3 is 2.29 bits per heavy atom. The fourth-order valence-corrected chi connectivity index (χ4v) is 3.20. The SMILES string of the molecule is Cc1ccc2c(c1)C(=O)c1cc(O)c3cc(C)ccc3c1-2. The van der Waals surface area contributed by atoms with Crippen LogP contribution in [0.3, 0.4) is 0 Å². The van der Waals surface area contributed by atoms with Crippen molar-refractivity contribution >= 4 is 16.6 Å². The molecular weight excluding hydrogens is 260 g/mol. The van der Waals surface area contributed by atoms with Crippen molar-refractivity contribution in [1.82, 2.24) is 0 Å². The molecule has 4 rings (SSSR count). The number of rotatable bonds is 0. The van der Waals surface area contributed by atoms with E-state index in [0.29, 0.717) is 5.56 Å². The van der Waals surface area contributed by atoms with E-state index in [1.54, 1.807) is 6.07 Å². The number of aromatic hydroxyl groups is 1. The molecular formula is C19H14O2.